The normalized spacial score (nSPS) is 11.7. The number of benzene rings is 1. The third-order valence-electron chi connectivity index (χ3n) is 2.86. The Morgan fingerprint density at radius 1 is 1.32 bits per heavy atom. The van der Waals surface area contributed by atoms with Crippen molar-refractivity contribution >= 4 is 11.4 Å². The van der Waals surface area contributed by atoms with E-state index in [1.54, 1.807) is 0 Å². The van der Waals surface area contributed by atoms with Gasteiger partial charge >= 0.3 is 6.18 Å². The summed E-state index contributed by atoms with van der Waals surface area (Å²) in [6.07, 6.45) is -3.22. The Bertz CT molecular complexity index is 457. The molecule has 0 atom stereocenters. The summed E-state index contributed by atoms with van der Waals surface area (Å²) < 4.78 is 38.3. The van der Waals surface area contributed by atoms with Crippen LogP contribution in [0, 0.1) is 10.1 Å². The lowest BCUT2D eigenvalue weighted by Crippen LogP contribution is -2.18. The summed E-state index contributed by atoms with van der Waals surface area (Å²) >= 11 is 0. The molecule has 0 aromatic heterocycles. The van der Waals surface area contributed by atoms with Crippen LogP contribution in [0.15, 0.2) is 18.2 Å². The Kier molecular flexibility index (Phi) is 4.74. The zero-order valence-corrected chi connectivity index (χ0v) is 10.6. The molecule has 0 amide bonds. The summed E-state index contributed by atoms with van der Waals surface area (Å²) in [6, 6.07) is 3.01. The van der Waals surface area contributed by atoms with Crippen LogP contribution < -0.4 is 5.32 Å². The van der Waals surface area contributed by atoms with E-state index in [-0.39, 0.29) is 11.7 Å². The van der Waals surface area contributed by atoms with Crippen molar-refractivity contribution < 1.29 is 18.1 Å². The second kappa shape index (κ2) is 5.90. The van der Waals surface area contributed by atoms with E-state index in [1.165, 1.54) is 6.07 Å². The molecule has 0 aliphatic carbocycles. The smallest absolute Gasteiger partial charge is 0.382 e. The molecule has 7 heteroatoms. The van der Waals surface area contributed by atoms with Crippen LogP contribution in [0.1, 0.15) is 32.3 Å². The predicted octanol–water partition coefficient (Wildman–Crippen LogP) is 4.21. The van der Waals surface area contributed by atoms with Crippen molar-refractivity contribution in [3.63, 3.8) is 0 Å². The summed E-state index contributed by atoms with van der Waals surface area (Å²) in [4.78, 5) is 9.58. The summed E-state index contributed by atoms with van der Waals surface area (Å²) in [5, 5.41) is 13.5. The molecule has 0 saturated carbocycles. The van der Waals surface area contributed by atoms with Gasteiger partial charge < -0.3 is 5.32 Å². The molecule has 1 rings (SSSR count). The molecule has 0 bridgehead atoms. The van der Waals surface area contributed by atoms with Crippen molar-refractivity contribution in [1.29, 1.82) is 0 Å². The van der Waals surface area contributed by atoms with Crippen molar-refractivity contribution in [2.24, 2.45) is 0 Å². The maximum atomic E-state index is 12.8. The number of nitro groups is 1. The fourth-order valence-electron chi connectivity index (χ4n) is 1.74. The lowest BCUT2D eigenvalue weighted by Gasteiger charge is -2.17. The fraction of sp³-hybridized carbons (Fsp3) is 0.500. The third-order valence-corrected chi connectivity index (χ3v) is 2.86. The number of rotatable bonds is 5. The first kappa shape index (κ1) is 15.3. The Hall–Kier alpha value is -1.79. The molecule has 0 aliphatic heterocycles. The largest absolute Gasteiger partial charge is 0.423 e. The third kappa shape index (κ3) is 3.84. The van der Waals surface area contributed by atoms with Gasteiger partial charge in [-0.1, -0.05) is 13.8 Å². The molecule has 1 N–H and O–H groups in total. The second-order valence-corrected chi connectivity index (χ2v) is 4.14. The van der Waals surface area contributed by atoms with E-state index in [0.717, 1.165) is 25.0 Å². The number of hydrogen-bond acceptors (Lipinski definition) is 3. The van der Waals surface area contributed by atoms with Gasteiger partial charge in [-0.25, -0.2) is 0 Å². The number of anilines is 1. The Balaban J connectivity index is 3.15. The topological polar surface area (TPSA) is 55.2 Å². The zero-order chi connectivity index (χ0) is 14.6. The highest BCUT2D eigenvalue weighted by Gasteiger charge is 2.38. The van der Waals surface area contributed by atoms with E-state index in [1.807, 2.05) is 13.8 Å². The summed E-state index contributed by atoms with van der Waals surface area (Å²) in [5.41, 5.74) is -1.91. The summed E-state index contributed by atoms with van der Waals surface area (Å²) in [7, 11) is 0. The summed E-state index contributed by atoms with van der Waals surface area (Å²) in [5.74, 6) is 0. The van der Waals surface area contributed by atoms with Gasteiger partial charge in [0, 0.05) is 17.8 Å². The van der Waals surface area contributed by atoms with Crippen molar-refractivity contribution in [1.82, 2.24) is 0 Å². The number of hydrogen-bond donors (Lipinski definition) is 1. The highest BCUT2D eigenvalue weighted by atomic mass is 19.4. The van der Waals surface area contributed by atoms with Gasteiger partial charge in [-0.2, -0.15) is 13.2 Å². The van der Waals surface area contributed by atoms with Crippen LogP contribution in [-0.4, -0.2) is 11.0 Å². The highest BCUT2D eigenvalue weighted by Crippen LogP contribution is 2.37. The molecule has 0 aliphatic rings. The van der Waals surface area contributed by atoms with Gasteiger partial charge in [0.1, 0.15) is 5.56 Å². The molecular formula is C12H15F3N2O2. The van der Waals surface area contributed by atoms with Gasteiger partial charge in [-0.15, -0.1) is 0 Å². The molecule has 19 heavy (non-hydrogen) atoms. The van der Waals surface area contributed by atoms with Gasteiger partial charge in [0.15, 0.2) is 0 Å². The first-order chi connectivity index (χ1) is 8.79. The minimum Gasteiger partial charge on any atom is -0.382 e. The molecule has 0 fully saturated rings. The van der Waals surface area contributed by atoms with Crippen LogP contribution >= 0.6 is 0 Å². The van der Waals surface area contributed by atoms with Crippen molar-refractivity contribution in [2.75, 3.05) is 5.32 Å². The predicted molar refractivity (Wildman–Crippen MR) is 66.1 cm³/mol. The zero-order valence-electron chi connectivity index (χ0n) is 10.6. The Morgan fingerprint density at radius 2 is 1.89 bits per heavy atom. The van der Waals surface area contributed by atoms with Gasteiger partial charge in [-0.05, 0) is 25.0 Å². The number of nitrogens with one attached hydrogen (secondary N) is 1. The van der Waals surface area contributed by atoms with Crippen LogP contribution in [-0.2, 0) is 6.18 Å². The van der Waals surface area contributed by atoms with Gasteiger partial charge in [0.2, 0.25) is 0 Å². The molecule has 0 radical (unpaired) electrons. The highest BCUT2D eigenvalue weighted by molar-refractivity contribution is 5.55. The van der Waals surface area contributed by atoms with Gasteiger partial charge in [-0.3, -0.25) is 10.1 Å². The molecule has 0 saturated heterocycles. The standard InChI is InChI=1S/C12H15F3N2O2/c1-3-8(4-2)16-9-5-6-11(17(18)19)10(7-9)12(13,14)15/h5-8,16H,3-4H2,1-2H3. The molecule has 1 aromatic carbocycles. The van der Waals surface area contributed by atoms with Crippen LogP contribution in [0.25, 0.3) is 0 Å². The molecule has 0 heterocycles. The van der Waals surface area contributed by atoms with Crippen molar-refractivity contribution in [3.05, 3.63) is 33.9 Å². The van der Waals surface area contributed by atoms with E-state index in [9.17, 15) is 23.3 Å². The van der Waals surface area contributed by atoms with Crippen LogP contribution in [0.2, 0.25) is 0 Å². The van der Waals surface area contributed by atoms with Crippen molar-refractivity contribution in [3.8, 4) is 0 Å². The minimum atomic E-state index is -4.74. The molecular weight excluding hydrogens is 261 g/mol. The van der Waals surface area contributed by atoms with Crippen LogP contribution in [0.4, 0.5) is 24.5 Å². The van der Waals surface area contributed by atoms with Crippen LogP contribution in [0.5, 0.6) is 0 Å². The number of nitro benzene ring substituents is 1. The van der Waals surface area contributed by atoms with Gasteiger partial charge in [0.25, 0.3) is 5.69 Å². The van der Waals surface area contributed by atoms with Gasteiger partial charge in [0.05, 0.1) is 4.92 Å². The molecule has 4 nitrogen and oxygen atoms in total. The van der Waals surface area contributed by atoms with E-state index in [0.29, 0.717) is 0 Å². The monoisotopic (exact) mass is 276 g/mol. The number of alkyl halides is 3. The van der Waals surface area contributed by atoms with E-state index >= 15 is 0 Å². The average molecular weight is 276 g/mol. The van der Waals surface area contributed by atoms with E-state index in [2.05, 4.69) is 5.32 Å². The van der Waals surface area contributed by atoms with Crippen LogP contribution in [0.3, 0.4) is 0 Å². The second-order valence-electron chi connectivity index (χ2n) is 4.14. The Morgan fingerprint density at radius 3 is 2.32 bits per heavy atom. The minimum absolute atomic E-state index is 0.0440. The van der Waals surface area contributed by atoms with E-state index < -0.39 is 22.4 Å². The quantitative estimate of drug-likeness (QED) is 0.647. The fourth-order valence-corrected chi connectivity index (χ4v) is 1.74. The molecule has 0 spiro atoms. The molecule has 106 valence electrons. The first-order valence-corrected chi connectivity index (χ1v) is 5.91. The maximum Gasteiger partial charge on any atom is 0.423 e. The molecule has 0 unspecified atom stereocenters. The number of halogens is 3. The summed E-state index contributed by atoms with van der Waals surface area (Å²) in [6.45, 7) is 3.83. The molecule has 1 aromatic rings. The number of nitrogens with zero attached hydrogens (tertiary/aromatic N) is 1. The maximum absolute atomic E-state index is 12.8. The lowest BCUT2D eigenvalue weighted by atomic mass is 10.1. The lowest BCUT2D eigenvalue weighted by molar-refractivity contribution is -0.388. The van der Waals surface area contributed by atoms with E-state index in [4.69, 9.17) is 0 Å². The van der Waals surface area contributed by atoms with Crippen molar-refractivity contribution in [2.45, 2.75) is 38.9 Å². The average Bonchev–Trinajstić information content (AvgIpc) is 2.34. The Labute approximate surface area is 108 Å². The SMILES string of the molecule is CCC(CC)Nc1ccc([N+](=O)[O-])c(C(F)(F)F)c1. The first-order valence-electron chi connectivity index (χ1n) is 5.91.